The van der Waals surface area contributed by atoms with Crippen molar-refractivity contribution in [2.24, 2.45) is 11.8 Å². The summed E-state index contributed by atoms with van der Waals surface area (Å²) in [6, 6.07) is 0. The third kappa shape index (κ3) is 4.89. The first-order valence-corrected chi connectivity index (χ1v) is 5.03. The van der Waals surface area contributed by atoms with E-state index in [1.807, 2.05) is 0 Å². The Morgan fingerprint density at radius 1 is 1.21 bits per heavy atom. The van der Waals surface area contributed by atoms with Crippen LogP contribution < -0.4 is 0 Å². The molecule has 0 unspecified atom stereocenters. The number of hydrogen-bond donors (Lipinski definition) is 0. The summed E-state index contributed by atoms with van der Waals surface area (Å²) in [4.78, 5) is 0. The minimum absolute atomic E-state index is 0.190. The molecule has 0 aromatic carbocycles. The molecule has 0 aliphatic carbocycles. The molecule has 0 aromatic rings. The molecule has 0 amide bonds. The van der Waals surface area contributed by atoms with Crippen molar-refractivity contribution in [2.45, 2.75) is 53.1 Å². The van der Waals surface area contributed by atoms with Gasteiger partial charge in [0, 0.05) is 12.3 Å². The van der Waals surface area contributed by atoms with Crippen molar-refractivity contribution in [3.8, 4) is 0 Å². The summed E-state index contributed by atoms with van der Waals surface area (Å²) in [6.45, 7) is 5.83. The molecular formula is C11H22F2O. The Labute approximate surface area is 88.6 Å². The van der Waals surface area contributed by atoms with Crippen LogP contribution in [0, 0.1) is 11.8 Å². The van der Waals surface area contributed by atoms with E-state index in [0.29, 0.717) is 0 Å². The maximum absolute atomic E-state index is 13.7. The molecule has 1 atom stereocenters. The first-order valence-electron chi connectivity index (χ1n) is 6.03. The number of alkyl halides is 2. The molecule has 0 radical (unpaired) electrons. The molecule has 0 heterocycles. The van der Waals surface area contributed by atoms with Crippen LogP contribution in [-0.4, -0.2) is 18.6 Å². The van der Waals surface area contributed by atoms with Gasteiger partial charge in [-0.15, -0.1) is 0 Å². The van der Waals surface area contributed by atoms with Gasteiger partial charge in [-0.05, 0) is 19.8 Å². The standard InChI is InChI=1S/C11H22F2O/c1-8(2)10(5)11(12,13)6-7-14-9(3)4/h8-10H,6-7H2,1-5H3/t10-/m1/s1/i7D2. The first-order chi connectivity index (χ1) is 6.98. The monoisotopic (exact) mass is 210 g/mol. The lowest BCUT2D eigenvalue weighted by Crippen LogP contribution is -2.31. The van der Waals surface area contributed by atoms with Crippen LogP contribution >= 0.6 is 0 Å². The second-order valence-electron chi connectivity index (χ2n) is 4.28. The summed E-state index contributed by atoms with van der Waals surface area (Å²) in [5.74, 6) is -4.10. The minimum atomic E-state index is -3.05. The van der Waals surface area contributed by atoms with Crippen LogP contribution in [0.1, 0.15) is 43.8 Å². The van der Waals surface area contributed by atoms with Gasteiger partial charge >= 0.3 is 0 Å². The normalized spacial score (nSPS) is 18.4. The van der Waals surface area contributed by atoms with Crippen molar-refractivity contribution in [2.75, 3.05) is 6.56 Å². The predicted molar refractivity (Wildman–Crippen MR) is 54.7 cm³/mol. The summed E-state index contributed by atoms with van der Waals surface area (Å²) < 4.78 is 47.1. The van der Waals surface area contributed by atoms with Gasteiger partial charge < -0.3 is 4.74 Å². The lowest BCUT2D eigenvalue weighted by molar-refractivity contribution is -0.0937. The molecule has 0 spiro atoms. The smallest absolute Gasteiger partial charge is 0.253 e. The van der Waals surface area contributed by atoms with Crippen molar-refractivity contribution in [3.05, 3.63) is 0 Å². The molecule has 0 aromatic heterocycles. The molecule has 14 heavy (non-hydrogen) atoms. The SMILES string of the molecule is [2H]C([2H])(CC(F)(F)[C@H](C)C(C)C)OC(C)C. The largest absolute Gasteiger partial charge is 0.379 e. The number of ether oxygens (including phenoxy) is 1. The van der Waals surface area contributed by atoms with Crippen LogP contribution in [0.15, 0.2) is 0 Å². The van der Waals surface area contributed by atoms with Gasteiger partial charge in [0.15, 0.2) is 0 Å². The van der Waals surface area contributed by atoms with Gasteiger partial charge in [-0.1, -0.05) is 20.8 Å². The Bertz CT molecular complexity index is 218. The molecule has 0 N–H and O–H groups in total. The van der Waals surface area contributed by atoms with Crippen molar-refractivity contribution < 1.29 is 16.3 Å². The molecule has 1 nitrogen and oxygen atoms in total. The van der Waals surface area contributed by atoms with Crippen LogP contribution in [0.3, 0.4) is 0 Å². The lowest BCUT2D eigenvalue weighted by atomic mass is 9.90. The molecule has 0 saturated carbocycles. The minimum Gasteiger partial charge on any atom is -0.379 e. The Balaban J connectivity index is 4.56. The maximum atomic E-state index is 13.7. The number of rotatable bonds is 6. The highest BCUT2D eigenvalue weighted by atomic mass is 19.3. The van der Waals surface area contributed by atoms with E-state index in [9.17, 15) is 8.78 Å². The Morgan fingerprint density at radius 3 is 2.07 bits per heavy atom. The molecule has 0 aliphatic heterocycles. The van der Waals surface area contributed by atoms with Gasteiger partial charge in [0.2, 0.25) is 0 Å². The fraction of sp³-hybridized carbons (Fsp3) is 1.00. The summed E-state index contributed by atoms with van der Waals surface area (Å²) in [7, 11) is 0. The van der Waals surface area contributed by atoms with Crippen molar-refractivity contribution in [1.29, 1.82) is 0 Å². The van der Waals surface area contributed by atoms with Gasteiger partial charge in [-0.25, -0.2) is 8.78 Å². The number of hydrogen-bond acceptors (Lipinski definition) is 1. The molecule has 3 heteroatoms. The Kier molecular flexibility index (Phi) is 4.17. The van der Waals surface area contributed by atoms with Gasteiger partial charge in [-0.2, -0.15) is 0 Å². The summed E-state index contributed by atoms with van der Waals surface area (Å²) in [6.07, 6.45) is -1.29. The topological polar surface area (TPSA) is 9.23 Å². The van der Waals surface area contributed by atoms with E-state index in [4.69, 9.17) is 7.48 Å². The average molecular weight is 210 g/mol. The van der Waals surface area contributed by atoms with Crippen LogP contribution in [0.25, 0.3) is 0 Å². The third-order valence-corrected chi connectivity index (χ3v) is 2.29. The van der Waals surface area contributed by atoms with Crippen LogP contribution in [-0.2, 0) is 4.74 Å². The fourth-order valence-electron chi connectivity index (χ4n) is 0.953. The summed E-state index contributed by atoms with van der Waals surface area (Å²) in [5, 5.41) is 0. The van der Waals surface area contributed by atoms with E-state index in [-0.39, 0.29) is 5.92 Å². The second-order valence-corrected chi connectivity index (χ2v) is 4.28. The first kappa shape index (κ1) is 10.3. The van der Waals surface area contributed by atoms with E-state index in [1.165, 1.54) is 6.92 Å². The van der Waals surface area contributed by atoms with Gasteiger partial charge in [0.05, 0.1) is 15.4 Å². The molecular weight excluding hydrogens is 186 g/mol. The zero-order valence-corrected chi connectivity index (χ0v) is 9.60. The maximum Gasteiger partial charge on any atom is 0.253 e. The van der Waals surface area contributed by atoms with Gasteiger partial charge in [0.1, 0.15) is 0 Å². The van der Waals surface area contributed by atoms with Crippen molar-refractivity contribution in [1.82, 2.24) is 0 Å². The second kappa shape index (κ2) is 5.64. The average Bonchev–Trinajstić information content (AvgIpc) is 1.97. The highest BCUT2D eigenvalue weighted by Crippen LogP contribution is 2.33. The van der Waals surface area contributed by atoms with E-state index < -0.39 is 30.9 Å². The lowest BCUT2D eigenvalue weighted by Gasteiger charge is -2.26. The van der Waals surface area contributed by atoms with Crippen LogP contribution in [0.4, 0.5) is 8.78 Å². The van der Waals surface area contributed by atoms with Crippen molar-refractivity contribution in [3.63, 3.8) is 0 Å². The van der Waals surface area contributed by atoms with Crippen LogP contribution in [0.5, 0.6) is 0 Å². The van der Waals surface area contributed by atoms with E-state index in [1.54, 1.807) is 27.7 Å². The molecule has 86 valence electrons. The van der Waals surface area contributed by atoms with E-state index in [0.717, 1.165) is 0 Å². The molecule has 0 fully saturated rings. The van der Waals surface area contributed by atoms with Crippen LogP contribution in [0.2, 0.25) is 0 Å². The van der Waals surface area contributed by atoms with Gasteiger partial charge in [0.25, 0.3) is 5.92 Å². The highest BCUT2D eigenvalue weighted by molar-refractivity contribution is 4.75. The van der Waals surface area contributed by atoms with E-state index in [2.05, 4.69) is 0 Å². The summed E-state index contributed by atoms with van der Waals surface area (Å²) in [5.41, 5.74) is 0. The Hall–Kier alpha value is -0.180. The zero-order valence-electron chi connectivity index (χ0n) is 11.6. The quantitative estimate of drug-likeness (QED) is 0.649. The molecule has 0 saturated heterocycles. The summed E-state index contributed by atoms with van der Waals surface area (Å²) >= 11 is 0. The van der Waals surface area contributed by atoms with E-state index >= 15 is 0 Å². The number of halogens is 2. The highest BCUT2D eigenvalue weighted by Gasteiger charge is 2.37. The molecule has 0 bridgehead atoms. The molecule has 0 aliphatic rings. The van der Waals surface area contributed by atoms with Crippen molar-refractivity contribution >= 4 is 0 Å². The predicted octanol–water partition coefficient (Wildman–Crippen LogP) is 3.73. The zero-order chi connectivity index (χ0) is 13.1. The third-order valence-electron chi connectivity index (χ3n) is 2.29. The fourth-order valence-corrected chi connectivity index (χ4v) is 0.953. The Morgan fingerprint density at radius 2 is 1.71 bits per heavy atom. The molecule has 0 rings (SSSR count). The van der Waals surface area contributed by atoms with Gasteiger partial charge in [-0.3, -0.25) is 0 Å².